The second kappa shape index (κ2) is 10.1. The maximum atomic E-state index is 13.0. The van der Waals surface area contributed by atoms with Gasteiger partial charge >= 0.3 is 0 Å². The summed E-state index contributed by atoms with van der Waals surface area (Å²) in [6.45, 7) is 8.63. The van der Waals surface area contributed by atoms with Crippen molar-refractivity contribution in [3.8, 4) is 5.75 Å². The highest BCUT2D eigenvalue weighted by atomic mass is 16.5. The first-order valence-corrected chi connectivity index (χ1v) is 10.1. The van der Waals surface area contributed by atoms with E-state index in [0.717, 1.165) is 11.3 Å². The third-order valence-electron chi connectivity index (χ3n) is 4.71. The smallest absolute Gasteiger partial charge is 0.259 e. The minimum atomic E-state index is -0.556. The molecule has 1 aromatic carbocycles. The molecule has 1 aromatic heterocycles. The molecule has 0 radical (unpaired) electrons. The summed E-state index contributed by atoms with van der Waals surface area (Å²) in [5.41, 5.74) is 0.280. The van der Waals surface area contributed by atoms with Gasteiger partial charge in [-0.05, 0) is 37.5 Å². The van der Waals surface area contributed by atoms with Crippen LogP contribution in [0, 0.1) is 5.92 Å². The molecule has 162 valence electrons. The quantitative estimate of drug-likeness (QED) is 0.721. The van der Waals surface area contributed by atoms with E-state index in [1.165, 1.54) is 17.3 Å². The second-order valence-corrected chi connectivity index (χ2v) is 8.07. The lowest BCUT2D eigenvalue weighted by Crippen LogP contribution is -2.37. The molecule has 1 heterocycles. The minimum absolute atomic E-state index is 0.00366. The zero-order valence-electron chi connectivity index (χ0n) is 18.6. The maximum absolute atomic E-state index is 13.0. The number of rotatable bonds is 8. The summed E-state index contributed by atoms with van der Waals surface area (Å²) in [4.78, 5) is 40.1. The average Bonchev–Trinajstić information content (AvgIpc) is 2.71. The Hall–Kier alpha value is -3.09. The summed E-state index contributed by atoms with van der Waals surface area (Å²) in [6, 6.07) is 7.27. The second-order valence-electron chi connectivity index (χ2n) is 8.07. The molecule has 0 spiro atoms. The van der Waals surface area contributed by atoms with Crippen molar-refractivity contribution in [2.45, 2.75) is 40.3 Å². The van der Waals surface area contributed by atoms with E-state index in [0.29, 0.717) is 6.54 Å². The SMILES string of the molecule is COc1ccc(CNC(=O)c2cn(C(C)C)cc(C(=O)N(C)CC(C)C)c2=O)cc1. The number of ether oxygens (including phenoxy) is 1. The highest BCUT2D eigenvalue weighted by Crippen LogP contribution is 2.12. The molecule has 0 aliphatic carbocycles. The van der Waals surface area contributed by atoms with Crippen LogP contribution in [0.1, 0.15) is 60.0 Å². The Morgan fingerprint density at radius 1 is 1.07 bits per heavy atom. The van der Waals surface area contributed by atoms with E-state index in [1.54, 1.807) is 30.9 Å². The van der Waals surface area contributed by atoms with Gasteiger partial charge in [0.25, 0.3) is 11.8 Å². The van der Waals surface area contributed by atoms with Gasteiger partial charge in [0.2, 0.25) is 5.43 Å². The van der Waals surface area contributed by atoms with E-state index in [1.807, 2.05) is 39.8 Å². The van der Waals surface area contributed by atoms with E-state index >= 15 is 0 Å². The van der Waals surface area contributed by atoms with Crippen LogP contribution in [-0.2, 0) is 6.54 Å². The number of hydrogen-bond donors (Lipinski definition) is 1. The molecule has 0 aliphatic heterocycles. The average molecular weight is 414 g/mol. The van der Waals surface area contributed by atoms with Gasteiger partial charge in [0.1, 0.15) is 16.9 Å². The van der Waals surface area contributed by atoms with Crippen LogP contribution in [0.15, 0.2) is 41.5 Å². The largest absolute Gasteiger partial charge is 0.497 e. The molecule has 0 aliphatic rings. The first-order valence-electron chi connectivity index (χ1n) is 10.1. The number of hydrogen-bond acceptors (Lipinski definition) is 4. The van der Waals surface area contributed by atoms with Crippen molar-refractivity contribution in [1.82, 2.24) is 14.8 Å². The zero-order valence-corrected chi connectivity index (χ0v) is 18.6. The highest BCUT2D eigenvalue weighted by Gasteiger charge is 2.22. The zero-order chi connectivity index (χ0) is 22.4. The third-order valence-corrected chi connectivity index (χ3v) is 4.71. The van der Waals surface area contributed by atoms with Gasteiger partial charge in [-0.2, -0.15) is 0 Å². The van der Waals surface area contributed by atoms with E-state index in [4.69, 9.17) is 4.74 Å². The molecule has 7 nitrogen and oxygen atoms in total. The van der Waals surface area contributed by atoms with Gasteiger partial charge in [-0.1, -0.05) is 26.0 Å². The number of methoxy groups -OCH3 is 1. The third kappa shape index (κ3) is 5.72. The van der Waals surface area contributed by atoms with Crippen LogP contribution in [-0.4, -0.2) is 42.0 Å². The fourth-order valence-corrected chi connectivity index (χ4v) is 3.07. The Labute approximate surface area is 177 Å². The molecule has 0 fully saturated rings. The van der Waals surface area contributed by atoms with Crippen LogP contribution in [0.4, 0.5) is 0 Å². The van der Waals surface area contributed by atoms with E-state index in [9.17, 15) is 14.4 Å². The first kappa shape index (κ1) is 23.2. The molecule has 0 saturated carbocycles. The summed E-state index contributed by atoms with van der Waals surface area (Å²) >= 11 is 0. The van der Waals surface area contributed by atoms with Crippen LogP contribution in [0.2, 0.25) is 0 Å². The van der Waals surface area contributed by atoms with Gasteiger partial charge in [0.15, 0.2) is 0 Å². The predicted molar refractivity (Wildman–Crippen MR) is 117 cm³/mol. The van der Waals surface area contributed by atoms with Crippen molar-refractivity contribution in [1.29, 1.82) is 0 Å². The van der Waals surface area contributed by atoms with Crippen molar-refractivity contribution < 1.29 is 14.3 Å². The molecule has 2 rings (SSSR count). The monoisotopic (exact) mass is 413 g/mol. The number of aromatic nitrogens is 1. The summed E-state index contributed by atoms with van der Waals surface area (Å²) in [7, 11) is 3.25. The molecule has 2 amide bonds. The number of pyridine rings is 1. The number of carbonyl (C=O) groups excluding carboxylic acids is 2. The van der Waals surface area contributed by atoms with Gasteiger partial charge in [-0.25, -0.2) is 0 Å². The van der Waals surface area contributed by atoms with Crippen molar-refractivity contribution in [2.24, 2.45) is 5.92 Å². The molecule has 0 atom stereocenters. The van der Waals surface area contributed by atoms with Gasteiger partial charge in [-0.15, -0.1) is 0 Å². The number of nitrogens with zero attached hydrogens (tertiary/aromatic N) is 2. The fourth-order valence-electron chi connectivity index (χ4n) is 3.07. The molecule has 0 bridgehead atoms. The van der Waals surface area contributed by atoms with Gasteiger partial charge in [-0.3, -0.25) is 14.4 Å². The lowest BCUT2D eigenvalue weighted by molar-refractivity contribution is 0.0777. The van der Waals surface area contributed by atoms with Crippen LogP contribution in [0.5, 0.6) is 5.75 Å². The Balaban J connectivity index is 2.31. The Kier molecular flexibility index (Phi) is 7.80. The molecule has 30 heavy (non-hydrogen) atoms. The Bertz CT molecular complexity index is 946. The lowest BCUT2D eigenvalue weighted by Gasteiger charge is -2.21. The topological polar surface area (TPSA) is 80.6 Å². The van der Waals surface area contributed by atoms with Gasteiger partial charge < -0.3 is 19.5 Å². The number of carbonyl (C=O) groups is 2. The minimum Gasteiger partial charge on any atom is -0.497 e. The first-order chi connectivity index (χ1) is 14.1. The summed E-state index contributed by atoms with van der Waals surface area (Å²) in [5.74, 6) is 0.100. The Morgan fingerprint density at radius 2 is 1.67 bits per heavy atom. The lowest BCUT2D eigenvalue weighted by atomic mass is 10.1. The molecule has 2 aromatic rings. The summed E-state index contributed by atoms with van der Waals surface area (Å²) in [5, 5.41) is 2.77. The summed E-state index contributed by atoms with van der Waals surface area (Å²) in [6.07, 6.45) is 3.04. The van der Waals surface area contributed by atoms with Crippen molar-refractivity contribution >= 4 is 11.8 Å². The van der Waals surface area contributed by atoms with Crippen LogP contribution in [0.3, 0.4) is 0 Å². The van der Waals surface area contributed by atoms with Crippen LogP contribution >= 0.6 is 0 Å². The Morgan fingerprint density at radius 3 is 2.20 bits per heavy atom. The normalized spacial score (nSPS) is 10.9. The maximum Gasteiger partial charge on any atom is 0.259 e. The number of amides is 2. The van der Waals surface area contributed by atoms with Gasteiger partial charge in [0.05, 0.1) is 7.11 Å². The van der Waals surface area contributed by atoms with E-state index < -0.39 is 11.3 Å². The van der Waals surface area contributed by atoms with Gasteiger partial charge in [0, 0.05) is 38.6 Å². The molecule has 0 unspecified atom stereocenters. The number of nitrogens with one attached hydrogen (secondary N) is 1. The fraction of sp³-hybridized carbons (Fsp3) is 0.435. The molecular weight excluding hydrogens is 382 g/mol. The van der Waals surface area contributed by atoms with Crippen molar-refractivity contribution in [2.75, 3.05) is 20.7 Å². The molecule has 0 saturated heterocycles. The van der Waals surface area contributed by atoms with Crippen molar-refractivity contribution in [3.63, 3.8) is 0 Å². The summed E-state index contributed by atoms with van der Waals surface area (Å²) < 4.78 is 6.85. The highest BCUT2D eigenvalue weighted by molar-refractivity contribution is 5.99. The standard InChI is InChI=1S/C23H31N3O4/c1-15(2)12-25(5)23(29)20-14-26(16(3)4)13-19(21(20)27)22(28)24-11-17-7-9-18(30-6)10-8-17/h7-10,13-16H,11-12H2,1-6H3,(H,24,28). The van der Waals surface area contributed by atoms with E-state index in [2.05, 4.69) is 5.32 Å². The molecule has 1 N–H and O–H groups in total. The molecular formula is C23H31N3O4. The molecule has 7 heteroatoms. The van der Waals surface area contributed by atoms with Crippen LogP contribution < -0.4 is 15.5 Å². The number of benzene rings is 1. The van der Waals surface area contributed by atoms with E-state index in [-0.39, 0.29) is 35.5 Å². The van der Waals surface area contributed by atoms with Crippen LogP contribution in [0.25, 0.3) is 0 Å². The van der Waals surface area contributed by atoms with Crippen molar-refractivity contribution in [3.05, 3.63) is 63.6 Å². The predicted octanol–water partition coefficient (Wildman–Crippen LogP) is 3.10.